The van der Waals surface area contributed by atoms with Crippen LogP contribution in [-0.4, -0.2) is 19.4 Å². The fourth-order valence-corrected chi connectivity index (χ4v) is 21.4. The van der Waals surface area contributed by atoms with Gasteiger partial charge in [0.25, 0.3) is 6.71 Å². The Kier molecular flexibility index (Phi) is 14.2. The van der Waals surface area contributed by atoms with Gasteiger partial charge >= 0.3 is 0 Å². The number of hydrogen-bond acceptors (Lipinski definition) is 2. The normalized spacial score (nSPS) is 13.7. The van der Waals surface area contributed by atoms with Gasteiger partial charge in [-0.2, -0.15) is 0 Å². The van der Waals surface area contributed by atoms with Gasteiger partial charge in [0.2, 0.25) is 0 Å². The first kappa shape index (κ1) is 56.5. The zero-order chi connectivity index (χ0) is 78.0. The minimum absolute atomic E-state index is 0.0145. The van der Waals surface area contributed by atoms with E-state index in [1.807, 2.05) is 6.07 Å². The second kappa shape index (κ2) is 26.4. The van der Waals surface area contributed by atoms with Crippen molar-refractivity contribution in [3.63, 3.8) is 0 Å². The van der Waals surface area contributed by atoms with E-state index in [0.717, 1.165) is 117 Å². The highest BCUT2D eigenvalue weighted by atomic mass is 28.3. The van der Waals surface area contributed by atoms with Crippen LogP contribution in [0, 0.1) is 0 Å². The molecule has 0 bridgehead atoms. The van der Waals surface area contributed by atoms with Crippen molar-refractivity contribution in [2.45, 2.75) is 65.7 Å². The van der Waals surface area contributed by atoms with E-state index in [4.69, 9.17) is 2.74 Å². The van der Waals surface area contributed by atoms with E-state index in [1.54, 1.807) is 4.57 Å². The van der Waals surface area contributed by atoms with Crippen molar-refractivity contribution in [1.82, 2.24) is 4.57 Å². The van der Waals surface area contributed by atoms with Crippen LogP contribution in [0.25, 0.3) is 83.1 Å². The van der Waals surface area contributed by atoms with Gasteiger partial charge in [-0.05, 0) is 171 Å². The van der Waals surface area contributed by atoms with Crippen molar-refractivity contribution in [1.29, 1.82) is 0 Å². The first-order valence-corrected chi connectivity index (χ1v) is 38.7. The summed E-state index contributed by atoms with van der Waals surface area (Å²) in [5.41, 5.74) is 22.6. The number of aromatic nitrogens is 1. The third-order valence-corrected chi connectivity index (χ3v) is 26.7. The summed E-state index contributed by atoms with van der Waals surface area (Å²) in [7, 11) is -2.95. The molecule has 0 spiro atoms. The summed E-state index contributed by atoms with van der Waals surface area (Å²) in [6.07, 6.45) is 0. The van der Waals surface area contributed by atoms with E-state index in [0.29, 0.717) is 5.69 Å². The fraction of sp³-hybridized carbons (Fsp3) is 0.100. The standard InChI is InChI=1S/C100H82BN3Si/c1-67(2)75-59-85(70-33-15-8-16-34-70)98(86(60-75)71-35-17-9-18-36-71)103-93-58-53-74(69-51-55-82(56-52-69)105(79-41-23-12-24-42-79,80-43-25-13-26-44-80)81-45-27-14-28-46-81)63-90(93)101-89-57-54-78(102-91-49-31-29-47-83(91)84-48-30-32-50-92(84)102)66-94(89)104(96-65-77(100(5,6)7)64-95(103)97(96)101)99-87(72-37-19-10-20-38-72)61-76(68(3)4)62-88(99)73-39-21-11-22-40-73/h8-68H,1-7H3/i29D,30D,31D,32D,47D,48D,49D,50D. The number of anilines is 6. The highest BCUT2D eigenvalue weighted by molar-refractivity contribution is 7.20. The summed E-state index contributed by atoms with van der Waals surface area (Å²) < 4.78 is 77.5. The average molecular weight is 1370 g/mol. The van der Waals surface area contributed by atoms with Gasteiger partial charge in [-0.15, -0.1) is 0 Å². The Hall–Kier alpha value is -12.0. The minimum Gasteiger partial charge on any atom is -0.310 e. The Morgan fingerprint density at radius 2 is 0.705 bits per heavy atom. The molecule has 0 saturated heterocycles. The summed E-state index contributed by atoms with van der Waals surface area (Å²) in [6.45, 7) is 15.4. The van der Waals surface area contributed by atoms with Gasteiger partial charge in [0.1, 0.15) is 0 Å². The van der Waals surface area contributed by atoms with Crippen LogP contribution < -0.4 is 46.9 Å². The third kappa shape index (κ3) is 11.0. The first-order chi connectivity index (χ1) is 54.7. The van der Waals surface area contributed by atoms with Crippen LogP contribution in [0.1, 0.15) is 88.0 Å². The van der Waals surface area contributed by atoms with Crippen molar-refractivity contribution < 1.29 is 11.0 Å². The second-order valence-electron chi connectivity index (χ2n) is 29.7. The molecule has 0 aliphatic carbocycles. The van der Waals surface area contributed by atoms with E-state index >= 15 is 0 Å². The van der Waals surface area contributed by atoms with Crippen molar-refractivity contribution >= 4 is 108 Å². The molecule has 2 aliphatic rings. The highest BCUT2D eigenvalue weighted by Crippen LogP contribution is 2.55. The lowest BCUT2D eigenvalue weighted by Crippen LogP contribution is -2.74. The highest BCUT2D eigenvalue weighted by Gasteiger charge is 2.47. The van der Waals surface area contributed by atoms with Crippen LogP contribution in [0.3, 0.4) is 0 Å². The Morgan fingerprint density at radius 3 is 1.10 bits per heavy atom. The van der Waals surface area contributed by atoms with Crippen LogP contribution in [-0.2, 0) is 5.41 Å². The molecule has 5 heteroatoms. The lowest BCUT2D eigenvalue weighted by atomic mass is 9.33. The van der Waals surface area contributed by atoms with Crippen LogP contribution in [0.4, 0.5) is 34.1 Å². The van der Waals surface area contributed by atoms with Crippen molar-refractivity contribution in [3.05, 3.63) is 374 Å². The van der Waals surface area contributed by atoms with E-state index in [1.165, 1.54) is 26.3 Å². The molecule has 105 heavy (non-hydrogen) atoms. The predicted octanol–water partition coefficient (Wildman–Crippen LogP) is 22.1. The summed E-state index contributed by atoms with van der Waals surface area (Å²) in [5.74, 6) is 0.286. The first-order valence-electron chi connectivity index (χ1n) is 40.7. The summed E-state index contributed by atoms with van der Waals surface area (Å²) in [5, 5.41) is 5.15. The molecule has 2 aliphatic heterocycles. The summed E-state index contributed by atoms with van der Waals surface area (Å²) in [6, 6.07) is 110. The van der Waals surface area contributed by atoms with Crippen molar-refractivity contribution in [2.24, 2.45) is 0 Å². The van der Waals surface area contributed by atoms with Gasteiger partial charge in [0.15, 0.2) is 8.07 Å². The van der Waals surface area contributed by atoms with Gasteiger partial charge < -0.3 is 14.4 Å². The minimum atomic E-state index is -2.95. The SMILES string of the molecule is [2H]c1c([2H])c([2H])c2c(c1[2H])c1c([2H])c([2H])c([2H])c([2H])c1n2-c1ccc2c(c1)N(c1c(-c3ccccc3)cc(C(C)C)cc1-c1ccccc1)c1cc(C(C)(C)C)cc3c1B2c1cc(-c2ccc([Si](c4ccccc4)(c4ccccc4)c4ccccc4)cc2)ccc1N3c1c(-c2ccccc2)cc(C(C)C)cc1-c1ccccc1. The van der Waals surface area contributed by atoms with E-state index in [-0.39, 0.29) is 57.8 Å². The number of para-hydroxylation sites is 2. The van der Waals surface area contributed by atoms with Crippen LogP contribution in [0.5, 0.6) is 0 Å². The Balaban J connectivity index is 1.01. The van der Waals surface area contributed by atoms with Gasteiger partial charge in [-0.1, -0.05) is 340 Å². The maximum absolute atomic E-state index is 9.89. The number of nitrogens with zero attached hydrogens (tertiary/aromatic N) is 3. The second-order valence-corrected chi connectivity index (χ2v) is 33.5. The zero-order valence-corrected chi connectivity index (χ0v) is 61.0. The van der Waals surface area contributed by atoms with Crippen LogP contribution in [0.2, 0.25) is 0 Å². The molecule has 3 heterocycles. The quantitative estimate of drug-likeness (QED) is 0.0794. The molecule has 1 aromatic heterocycles. The van der Waals surface area contributed by atoms with E-state index in [2.05, 4.69) is 362 Å². The Bertz CT molecular complexity index is 6140. The largest absolute Gasteiger partial charge is 0.310 e. The van der Waals surface area contributed by atoms with Gasteiger partial charge in [0.05, 0.1) is 33.4 Å². The fourth-order valence-electron chi connectivity index (χ4n) is 16.7. The molecule has 0 N–H and O–H groups in total. The maximum Gasteiger partial charge on any atom is 0.252 e. The number of hydrogen-bond donors (Lipinski definition) is 0. The molecule has 3 nitrogen and oxygen atoms in total. The van der Waals surface area contributed by atoms with Crippen LogP contribution in [0.15, 0.2) is 358 Å². The molecule has 0 amide bonds. The number of rotatable bonds is 14. The molecule has 0 saturated carbocycles. The molecule has 0 fully saturated rings. The Labute approximate surface area is 631 Å². The number of fused-ring (bicyclic) bond motifs is 7. The average Bonchev–Trinajstić information content (AvgIpc) is 1.29. The molecular formula is C100H82BN3Si. The molecule has 15 aromatic carbocycles. The van der Waals surface area contributed by atoms with Gasteiger partial charge in [-0.3, -0.25) is 0 Å². The molecule has 0 radical (unpaired) electrons. The topological polar surface area (TPSA) is 11.4 Å². The maximum atomic E-state index is 9.89. The summed E-state index contributed by atoms with van der Waals surface area (Å²) >= 11 is 0. The van der Waals surface area contributed by atoms with Crippen LogP contribution >= 0.6 is 0 Å². The number of benzene rings is 15. The zero-order valence-electron chi connectivity index (χ0n) is 68.0. The Morgan fingerprint density at radius 1 is 0.333 bits per heavy atom. The lowest BCUT2D eigenvalue weighted by molar-refractivity contribution is 0.590. The lowest BCUT2D eigenvalue weighted by Gasteiger charge is -2.46. The molecule has 16 aromatic rings. The van der Waals surface area contributed by atoms with Gasteiger partial charge in [-0.25, -0.2) is 0 Å². The predicted molar refractivity (Wildman–Crippen MR) is 452 cm³/mol. The van der Waals surface area contributed by atoms with E-state index in [9.17, 15) is 8.22 Å². The van der Waals surface area contributed by atoms with Crippen molar-refractivity contribution in [2.75, 3.05) is 9.80 Å². The summed E-state index contributed by atoms with van der Waals surface area (Å²) in [4.78, 5) is 5.07. The smallest absolute Gasteiger partial charge is 0.252 e. The van der Waals surface area contributed by atoms with E-state index < -0.39 is 44.4 Å². The monoisotopic (exact) mass is 1370 g/mol. The molecule has 504 valence electrons. The third-order valence-electron chi connectivity index (χ3n) is 21.9. The van der Waals surface area contributed by atoms with Crippen molar-refractivity contribution in [3.8, 4) is 61.3 Å². The van der Waals surface area contributed by atoms with Gasteiger partial charge in [0, 0.05) is 61.5 Å². The molecular weight excluding hydrogens is 1280 g/mol. The molecule has 0 atom stereocenters. The molecule has 18 rings (SSSR count). The molecule has 0 unspecified atom stereocenters.